The average molecular weight is 435 g/mol. The van der Waals surface area contributed by atoms with Crippen molar-refractivity contribution < 1.29 is 13.5 Å². The van der Waals surface area contributed by atoms with Crippen molar-refractivity contribution >= 4 is 45.3 Å². The summed E-state index contributed by atoms with van der Waals surface area (Å²) >= 11 is 2.13. The highest BCUT2D eigenvalue weighted by molar-refractivity contribution is 14.1. The van der Waals surface area contributed by atoms with Gasteiger partial charge in [-0.05, 0) is 48.3 Å². The number of hydrogen-bond acceptors (Lipinski definition) is 6. The van der Waals surface area contributed by atoms with Crippen molar-refractivity contribution in [1.82, 2.24) is 15.0 Å². The molecule has 9 heteroatoms. The van der Waals surface area contributed by atoms with Crippen LogP contribution in [0.5, 0.6) is 0 Å². The van der Waals surface area contributed by atoms with E-state index in [1.54, 1.807) is 6.20 Å². The van der Waals surface area contributed by atoms with E-state index in [0.717, 1.165) is 9.26 Å². The molecule has 0 spiro atoms. The zero-order valence-electron chi connectivity index (χ0n) is 12.2. The first-order valence-corrected chi connectivity index (χ1v) is 8.34. The summed E-state index contributed by atoms with van der Waals surface area (Å²) in [6.45, 7) is -2.73. The van der Waals surface area contributed by atoms with Gasteiger partial charge in [0, 0.05) is 12.1 Å². The third-order valence-corrected chi connectivity index (χ3v) is 4.90. The molecule has 1 aliphatic rings. The van der Waals surface area contributed by atoms with Crippen molar-refractivity contribution in [3.8, 4) is 0 Å². The summed E-state index contributed by atoms with van der Waals surface area (Å²) in [4.78, 5) is 12.8. The molecular formula is C14H16F2IN5O. The van der Waals surface area contributed by atoms with Gasteiger partial charge in [-0.25, -0.2) is 15.0 Å². The highest BCUT2D eigenvalue weighted by Crippen LogP contribution is 2.38. The largest absolute Gasteiger partial charge is 0.383 e. The van der Waals surface area contributed by atoms with Crippen molar-refractivity contribution in [2.45, 2.75) is 44.3 Å². The number of rotatable bonds is 3. The summed E-state index contributed by atoms with van der Waals surface area (Å²) in [5.41, 5.74) is 13.3. The lowest BCUT2D eigenvalue weighted by molar-refractivity contribution is -0.170. The highest BCUT2D eigenvalue weighted by atomic mass is 127. The normalized spacial score (nSPS) is 21.9. The first kappa shape index (κ1) is 16.5. The van der Waals surface area contributed by atoms with Gasteiger partial charge in [0.1, 0.15) is 5.82 Å². The fourth-order valence-electron chi connectivity index (χ4n) is 3.09. The van der Waals surface area contributed by atoms with E-state index in [4.69, 9.17) is 11.5 Å². The van der Waals surface area contributed by atoms with E-state index in [0.29, 0.717) is 42.4 Å². The third kappa shape index (κ3) is 3.44. The van der Waals surface area contributed by atoms with Gasteiger partial charge in [-0.3, -0.25) is 0 Å². The molecular weight excluding hydrogens is 419 g/mol. The smallest absolute Gasteiger partial charge is 0.345 e. The molecule has 1 fully saturated rings. The molecule has 0 atom stereocenters. The Morgan fingerprint density at radius 1 is 1.17 bits per heavy atom. The van der Waals surface area contributed by atoms with E-state index >= 15 is 0 Å². The standard InChI is InChI=1S/C14H16F2IN5O/c15-13(16)23-7-3-1-6(2-4-7)10-9-11(22-14(19)21-10)8(17)5-20-12(9)18/h5-7,13H,1-4H2,(H2,18,20)(H2,19,21,22). The van der Waals surface area contributed by atoms with Crippen molar-refractivity contribution in [1.29, 1.82) is 0 Å². The second-order valence-corrected chi connectivity index (χ2v) is 6.71. The SMILES string of the molecule is Nc1nc(C2CCC(OC(F)F)CC2)c2c(N)ncc(I)c2n1. The lowest BCUT2D eigenvalue weighted by Crippen LogP contribution is -2.23. The molecule has 0 aliphatic heterocycles. The van der Waals surface area contributed by atoms with E-state index in [1.807, 2.05) is 0 Å². The first-order chi connectivity index (χ1) is 11.0. The van der Waals surface area contributed by atoms with Crippen LogP contribution in [0.2, 0.25) is 0 Å². The number of nitrogens with two attached hydrogens (primary N) is 2. The molecule has 0 radical (unpaired) electrons. The Morgan fingerprint density at radius 2 is 1.87 bits per heavy atom. The minimum absolute atomic E-state index is 0.0858. The number of halogens is 3. The number of hydrogen-bond donors (Lipinski definition) is 2. The third-order valence-electron chi connectivity index (χ3n) is 4.11. The quantitative estimate of drug-likeness (QED) is 0.720. The Bertz CT molecular complexity index is 722. The van der Waals surface area contributed by atoms with E-state index in [2.05, 4.69) is 42.3 Å². The maximum Gasteiger partial charge on any atom is 0.345 e. The maximum atomic E-state index is 12.3. The van der Waals surface area contributed by atoms with Crippen molar-refractivity contribution in [2.75, 3.05) is 11.5 Å². The molecule has 2 aromatic heterocycles. The first-order valence-electron chi connectivity index (χ1n) is 7.26. The molecule has 0 unspecified atom stereocenters. The zero-order valence-corrected chi connectivity index (χ0v) is 14.3. The summed E-state index contributed by atoms with van der Waals surface area (Å²) in [6, 6.07) is 0. The lowest BCUT2D eigenvalue weighted by Gasteiger charge is -2.28. The van der Waals surface area contributed by atoms with Gasteiger partial charge in [0.25, 0.3) is 0 Å². The molecule has 0 amide bonds. The number of aromatic nitrogens is 3. The van der Waals surface area contributed by atoms with Crippen molar-refractivity contribution in [3.63, 3.8) is 0 Å². The topological polar surface area (TPSA) is 99.9 Å². The Balaban J connectivity index is 1.93. The van der Waals surface area contributed by atoms with Gasteiger partial charge < -0.3 is 16.2 Å². The fraction of sp³-hybridized carbons (Fsp3) is 0.500. The van der Waals surface area contributed by atoms with Crippen molar-refractivity contribution in [2.24, 2.45) is 0 Å². The molecule has 4 N–H and O–H groups in total. The van der Waals surface area contributed by atoms with Crippen LogP contribution in [0.4, 0.5) is 20.5 Å². The van der Waals surface area contributed by atoms with Gasteiger partial charge in [-0.15, -0.1) is 0 Å². The number of nitrogen functional groups attached to an aromatic ring is 2. The zero-order chi connectivity index (χ0) is 16.6. The minimum Gasteiger partial charge on any atom is -0.383 e. The summed E-state index contributed by atoms with van der Waals surface area (Å²) in [7, 11) is 0. The molecule has 2 aromatic rings. The van der Waals surface area contributed by atoms with Gasteiger partial charge in [-0.1, -0.05) is 0 Å². The van der Waals surface area contributed by atoms with Crippen LogP contribution in [0.25, 0.3) is 10.9 Å². The van der Waals surface area contributed by atoms with Crippen LogP contribution in [-0.4, -0.2) is 27.7 Å². The molecule has 3 rings (SSSR count). The van der Waals surface area contributed by atoms with Crippen LogP contribution in [0.1, 0.15) is 37.3 Å². The Morgan fingerprint density at radius 3 is 2.52 bits per heavy atom. The van der Waals surface area contributed by atoms with Crippen LogP contribution in [0, 0.1) is 3.57 Å². The molecule has 6 nitrogen and oxygen atoms in total. The van der Waals surface area contributed by atoms with Gasteiger partial charge in [0.2, 0.25) is 5.95 Å². The number of fused-ring (bicyclic) bond motifs is 1. The van der Waals surface area contributed by atoms with E-state index in [9.17, 15) is 8.78 Å². The molecule has 1 saturated carbocycles. The van der Waals surface area contributed by atoms with Crippen LogP contribution in [-0.2, 0) is 4.74 Å². The summed E-state index contributed by atoms with van der Waals surface area (Å²) in [5, 5.41) is 0.712. The molecule has 2 heterocycles. The minimum atomic E-state index is -2.73. The van der Waals surface area contributed by atoms with Gasteiger partial charge in [0.05, 0.1) is 26.3 Å². The second kappa shape index (κ2) is 6.63. The summed E-state index contributed by atoms with van der Waals surface area (Å²) in [5.74, 6) is 0.631. The second-order valence-electron chi connectivity index (χ2n) is 5.55. The van der Waals surface area contributed by atoms with Crippen LogP contribution < -0.4 is 11.5 Å². The maximum absolute atomic E-state index is 12.3. The number of alkyl halides is 2. The summed E-state index contributed by atoms with van der Waals surface area (Å²) in [6.07, 6.45) is 3.71. The Kier molecular flexibility index (Phi) is 4.76. The van der Waals surface area contributed by atoms with Crippen molar-refractivity contribution in [3.05, 3.63) is 15.5 Å². The lowest BCUT2D eigenvalue weighted by atomic mass is 9.84. The molecule has 23 heavy (non-hydrogen) atoms. The number of nitrogens with zero attached hydrogens (tertiary/aromatic N) is 3. The van der Waals surface area contributed by atoms with E-state index in [-0.39, 0.29) is 11.9 Å². The van der Waals surface area contributed by atoms with Crippen LogP contribution in [0.15, 0.2) is 6.20 Å². The Hall–Kier alpha value is -1.36. The van der Waals surface area contributed by atoms with E-state index in [1.165, 1.54) is 0 Å². The Labute approximate surface area is 145 Å². The molecule has 0 bridgehead atoms. The molecule has 0 aromatic carbocycles. The molecule has 1 aliphatic carbocycles. The predicted octanol–water partition coefficient (Wildman–Crippen LogP) is 3.06. The van der Waals surface area contributed by atoms with E-state index < -0.39 is 12.7 Å². The van der Waals surface area contributed by atoms with Crippen LogP contribution >= 0.6 is 22.6 Å². The average Bonchev–Trinajstić information content (AvgIpc) is 2.50. The number of pyridine rings is 1. The number of ether oxygens (including phenoxy) is 1. The molecule has 0 saturated heterocycles. The summed E-state index contributed by atoms with van der Waals surface area (Å²) < 4.78 is 30.1. The number of anilines is 2. The fourth-order valence-corrected chi connectivity index (χ4v) is 3.62. The predicted molar refractivity (Wildman–Crippen MR) is 91.0 cm³/mol. The highest BCUT2D eigenvalue weighted by Gasteiger charge is 2.28. The molecule has 124 valence electrons. The van der Waals surface area contributed by atoms with Gasteiger partial charge >= 0.3 is 6.61 Å². The van der Waals surface area contributed by atoms with Gasteiger partial charge in [0.15, 0.2) is 0 Å². The van der Waals surface area contributed by atoms with Gasteiger partial charge in [-0.2, -0.15) is 8.78 Å². The van der Waals surface area contributed by atoms with Crippen LogP contribution in [0.3, 0.4) is 0 Å². The monoisotopic (exact) mass is 435 g/mol.